The van der Waals surface area contributed by atoms with E-state index in [1.807, 2.05) is 38.3 Å². The fourth-order valence-electron chi connectivity index (χ4n) is 2.78. The van der Waals surface area contributed by atoms with Gasteiger partial charge in [0, 0.05) is 0 Å². The molecule has 1 N–H and O–H groups in total. The summed E-state index contributed by atoms with van der Waals surface area (Å²) in [5.41, 5.74) is 2.39. The number of hydrogen-bond acceptors (Lipinski definition) is 5. The smallest absolute Gasteiger partial charge is 0.328 e. The SMILES string of the molecule is CSCCC(NC(=O)c1ccccc1Cl)C(=O)OCCOc1c(C)cccc1C. The molecule has 0 aliphatic carbocycles. The van der Waals surface area contributed by atoms with E-state index < -0.39 is 17.9 Å². The topological polar surface area (TPSA) is 64.6 Å². The molecule has 156 valence electrons. The van der Waals surface area contributed by atoms with Crippen LogP contribution in [0.5, 0.6) is 5.75 Å². The van der Waals surface area contributed by atoms with E-state index in [0.29, 0.717) is 22.8 Å². The molecule has 0 aliphatic rings. The molecule has 0 bridgehead atoms. The summed E-state index contributed by atoms with van der Waals surface area (Å²) >= 11 is 7.67. The van der Waals surface area contributed by atoms with Gasteiger partial charge in [0.25, 0.3) is 5.91 Å². The number of rotatable bonds is 10. The van der Waals surface area contributed by atoms with Crippen molar-refractivity contribution in [3.63, 3.8) is 0 Å². The minimum atomic E-state index is -0.744. The lowest BCUT2D eigenvalue weighted by atomic mass is 10.1. The van der Waals surface area contributed by atoms with Crippen LogP contribution in [-0.2, 0) is 9.53 Å². The molecule has 2 aromatic rings. The lowest BCUT2D eigenvalue weighted by molar-refractivity contribution is -0.146. The summed E-state index contributed by atoms with van der Waals surface area (Å²) in [5.74, 6) is 0.631. The summed E-state index contributed by atoms with van der Waals surface area (Å²) in [6.45, 7) is 4.28. The van der Waals surface area contributed by atoms with Crippen molar-refractivity contribution < 1.29 is 19.1 Å². The summed E-state index contributed by atoms with van der Waals surface area (Å²) in [4.78, 5) is 25.0. The van der Waals surface area contributed by atoms with Crippen LogP contribution in [0.4, 0.5) is 0 Å². The Morgan fingerprint density at radius 3 is 2.41 bits per heavy atom. The Balaban J connectivity index is 1.91. The van der Waals surface area contributed by atoms with Crippen molar-refractivity contribution in [2.75, 3.05) is 25.2 Å². The van der Waals surface area contributed by atoms with E-state index in [4.69, 9.17) is 21.1 Å². The number of para-hydroxylation sites is 1. The highest BCUT2D eigenvalue weighted by Gasteiger charge is 2.23. The Hall–Kier alpha value is -2.18. The molecule has 7 heteroatoms. The third-order valence-electron chi connectivity index (χ3n) is 4.30. The summed E-state index contributed by atoms with van der Waals surface area (Å²) in [5, 5.41) is 3.07. The fraction of sp³-hybridized carbons (Fsp3) is 0.364. The molecule has 0 spiro atoms. The van der Waals surface area contributed by atoms with Crippen molar-refractivity contribution >= 4 is 35.2 Å². The van der Waals surface area contributed by atoms with Crippen LogP contribution in [0, 0.1) is 13.8 Å². The van der Waals surface area contributed by atoms with E-state index in [9.17, 15) is 9.59 Å². The fourth-order valence-corrected chi connectivity index (χ4v) is 3.47. The number of ether oxygens (including phenoxy) is 2. The van der Waals surface area contributed by atoms with E-state index in [2.05, 4.69) is 5.32 Å². The lowest BCUT2D eigenvalue weighted by Crippen LogP contribution is -2.42. The van der Waals surface area contributed by atoms with Crippen LogP contribution in [0.2, 0.25) is 5.02 Å². The number of carbonyl (C=O) groups excluding carboxylic acids is 2. The van der Waals surface area contributed by atoms with Gasteiger partial charge in [-0.2, -0.15) is 11.8 Å². The van der Waals surface area contributed by atoms with Gasteiger partial charge < -0.3 is 14.8 Å². The predicted molar refractivity (Wildman–Crippen MR) is 118 cm³/mol. The normalized spacial score (nSPS) is 11.6. The molecule has 0 fully saturated rings. The number of amides is 1. The second-order valence-electron chi connectivity index (χ2n) is 6.52. The van der Waals surface area contributed by atoms with Gasteiger partial charge in [-0.3, -0.25) is 4.79 Å². The molecule has 1 atom stereocenters. The van der Waals surface area contributed by atoms with Gasteiger partial charge in [-0.25, -0.2) is 4.79 Å². The summed E-state index contributed by atoms with van der Waals surface area (Å²) in [6, 6.07) is 11.9. The highest BCUT2D eigenvalue weighted by Crippen LogP contribution is 2.22. The van der Waals surface area contributed by atoms with Crippen molar-refractivity contribution in [2.45, 2.75) is 26.3 Å². The van der Waals surface area contributed by atoms with Crippen LogP contribution in [0.15, 0.2) is 42.5 Å². The number of aryl methyl sites for hydroxylation is 2. The summed E-state index contributed by atoms with van der Waals surface area (Å²) < 4.78 is 11.1. The molecule has 0 saturated heterocycles. The van der Waals surface area contributed by atoms with Gasteiger partial charge in [-0.15, -0.1) is 0 Å². The quantitative estimate of drug-likeness (QED) is 0.441. The molecule has 29 heavy (non-hydrogen) atoms. The minimum Gasteiger partial charge on any atom is -0.489 e. The number of thioether (sulfide) groups is 1. The number of nitrogens with one attached hydrogen (secondary N) is 1. The van der Waals surface area contributed by atoms with Crippen molar-refractivity contribution in [2.24, 2.45) is 0 Å². The van der Waals surface area contributed by atoms with Crippen molar-refractivity contribution in [1.29, 1.82) is 0 Å². The first-order valence-corrected chi connectivity index (χ1v) is 11.1. The van der Waals surface area contributed by atoms with Gasteiger partial charge in [0.1, 0.15) is 25.0 Å². The zero-order valence-electron chi connectivity index (χ0n) is 16.9. The first-order valence-electron chi connectivity index (χ1n) is 9.34. The van der Waals surface area contributed by atoms with E-state index in [1.54, 1.807) is 36.0 Å². The zero-order valence-corrected chi connectivity index (χ0v) is 18.4. The summed E-state index contributed by atoms with van der Waals surface area (Å²) in [7, 11) is 0. The molecule has 0 radical (unpaired) electrons. The average molecular weight is 436 g/mol. The highest BCUT2D eigenvalue weighted by atomic mass is 35.5. The van der Waals surface area contributed by atoms with E-state index in [1.165, 1.54) is 0 Å². The molecule has 0 aliphatic heterocycles. The van der Waals surface area contributed by atoms with Crippen LogP contribution < -0.4 is 10.1 Å². The Bertz CT molecular complexity index is 823. The van der Waals surface area contributed by atoms with Crippen LogP contribution >= 0.6 is 23.4 Å². The molecule has 5 nitrogen and oxygen atoms in total. The third kappa shape index (κ3) is 6.98. The second-order valence-corrected chi connectivity index (χ2v) is 7.92. The van der Waals surface area contributed by atoms with Crippen LogP contribution in [-0.4, -0.2) is 43.1 Å². The Morgan fingerprint density at radius 1 is 1.07 bits per heavy atom. The Kier molecular flexibility index (Phi) is 9.35. The van der Waals surface area contributed by atoms with Gasteiger partial charge in [0.05, 0.1) is 10.6 Å². The number of hydrogen-bond donors (Lipinski definition) is 1. The maximum Gasteiger partial charge on any atom is 0.328 e. The van der Waals surface area contributed by atoms with E-state index in [-0.39, 0.29) is 13.2 Å². The largest absolute Gasteiger partial charge is 0.489 e. The predicted octanol–water partition coefficient (Wildman–Crippen LogP) is 4.43. The van der Waals surface area contributed by atoms with Gasteiger partial charge >= 0.3 is 5.97 Å². The number of halogens is 1. The molecule has 1 amide bonds. The highest BCUT2D eigenvalue weighted by molar-refractivity contribution is 7.98. The number of carbonyl (C=O) groups is 2. The molecule has 2 rings (SSSR count). The van der Waals surface area contributed by atoms with Gasteiger partial charge in [0.15, 0.2) is 0 Å². The standard InChI is InChI=1S/C22H26ClNO4S/c1-15-7-6-8-16(2)20(15)27-12-13-28-22(26)19(11-14-29-3)24-21(25)17-9-4-5-10-18(17)23/h4-10,19H,11-14H2,1-3H3,(H,24,25). The first-order chi connectivity index (χ1) is 13.9. The van der Waals surface area contributed by atoms with E-state index >= 15 is 0 Å². The van der Waals surface area contributed by atoms with Crippen molar-refractivity contribution in [3.05, 3.63) is 64.2 Å². The molecule has 1 unspecified atom stereocenters. The van der Waals surface area contributed by atoms with Gasteiger partial charge in [0.2, 0.25) is 0 Å². The monoisotopic (exact) mass is 435 g/mol. The molecule has 0 aromatic heterocycles. The van der Waals surface area contributed by atoms with Crippen LogP contribution in [0.3, 0.4) is 0 Å². The average Bonchev–Trinajstić information content (AvgIpc) is 2.70. The molecule has 0 heterocycles. The zero-order chi connectivity index (χ0) is 21.2. The Labute approximate surface area is 181 Å². The maximum absolute atomic E-state index is 12.5. The Morgan fingerprint density at radius 2 is 1.76 bits per heavy atom. The molecular formula is C22H26ClNO4S. The third-order valence-corrected chi connectivity index (χ3v) is 5.28. The molecular weight excluding hydrogens is 410 g/mol. The minimum absolute atomic E-state index is 0.102. The molecule has 2 aromatic carbocycles. The van der Waals surface area contributed by atoms with Gasteiger partial charge in [-0.1, -0.05) is 41.9 Å². The number of benzene rings is 2. The van der Waals surface area contributed by atoms with Gasteiger partial charge in [-0.05, 0) is 55.5 Å². The lowest BCUT2D eigenvalue weighted by Gasteiger charge is -2.18. The maximum atomic E-state index is 12.5. The number of esters is 1. The molecule has 0 saturated carbocycles. The van der Waals surface area contributed by atoms with Crippen LogP contribution in [0.1, 0.15) is 27.9 Å². The second kappa shape index (κ2) is 11.7. The van der Waals surface area contributed by atoms with Crippen molar-refractivity contribution in [1.82, 2.24) is 5.32 Å². The van der Waals surface area contributed by atoms with Crippen LogP contribution in [0.25, 0.3) is 0 Å². The van der Waals surface area contributed by atoms with Crippen molar-refractivity contribution in [3.8, 4) is 5.75 Å². The summed E-state index contributed by atoms with van der Waals surface area (Å²) in [6.07, 6.45) is 2.41. The van der Waals surface area contributed by atoms with E-state index in [0.717, 1.165) is 16.9 Å². The first kappa shape index (κ1) is 23.1.